The Hall–Kier alpha value is -2.42. The molecule has 1 unspecified atom stereocenters. The first-order valence-corrected chi connectivity index (χ1v) is 12.9. The number of carbonyl (C=O) groups is 1. The lowest BCUT2D eigenvalue weighted by Gasteiger charge is -2.35. The number of hydrogen-bond acceptors (Lipinski definition) is 5. The number of furan rings is 1. The Morgan fingerprint density at radius 1 is 0.969 bits per heavy atom. The molecule has 1 fully saturated rings. The van der Waals surface area contributed by atoms with E-state index in [0.29, 0.717) is 6.54 Å². The predicted octanol–water partition coefficient (Wildman–Crippen LogP) is 4.83. The summed E-state index contributed by atoms with van der Waals surface area (Å²) in [5, 5.41) is 2.68. The molecule has 32 heavy (non-hydrogen) atoms. The highest BCUT2D eigenvalue weighted by atomic mass is 79.9. The van der Waals surface area contributed by atoms with E-state index < -0.39 is 15.7 Å². The molecule has 1 saturated heterocycles. The number of piperidine rings is 1. The Labute approximate surface area is 196 Å². The van der Waals surface area contributed by atoms with Crippen LogP contribution in [0.15, 0.2) is 85.6 Å². The molecule has 3 aromatic rings. The maximum atomic E-state index is 12.8. The second-order valence-corrected chi connectivity index (χ2v) is 10.6. The van der Waals surface area contributed by atoms with Crippen LogP contribution < -0.4 is 5.32 Å². The quantitative estimate of drug-likeness (QED) is 0.486. The molecule has 1 aromatic heterocycles. The van der Waals surface area contributed by atoms with Gasteiger partial charge in [0.2, 0.25) is 14.9 Å². The molecule has 1 N–H and O–H groups in total. The van der Waals surface area contributed by atoms with Crippen LogP contribution in [0, 0.1) is 0 Å². The van der Waals surface area contributed by atoms with Gasteiger partial charge in [0.25, 0.3) is 5.91 Å². The van der Waals surface area contributed by atoms with Gasteiger partial charge in [-0.05, 0) is 67.9 Å². The van der Waals surface area contributed by atoms with Crippen molar-refractivity contribution in [2.24, 2.45) is 0 Å². The molecule has 4 rings (SSSR count). The first-order chi connectivity index (χ1) is 15.4. The van der Waals surface area contributed by atoms with Crippen LogP contribution in [0.2, 0.25) is 0 Å². The third kappa shape index (κ3) is 5.14. The average Bonchev–Trinajstić information content (AvgIpc) is 3.32. The molecule has 0 aliphatic carbocycles. The molecule has 6 nitrogen and oxygen atoms in total. The van der Waals surface area contributed by atoms with Crippen molar-refractivity contribution >= 4 is 31.7 Å². The number of rotatable bonds is 7. The van der Waals surface area contributed by atoms with Gasteiger partial charge in [-0.25, -0.2) is 8.42 Å². The largest absolute Gasteiger partial charge is 0.439 e. The van der Waals surface area contributed by atoms with Crippen molar-refractivity contribution < 1.29 is 17.6 Å². The van der Waals surface area contributed by atoms with E-state index in [1.165, 1.54) is 30.7 Å². The van der Waals surface area contributed by atoms with Gasteiger partial charge in [-0.2, -0.15) is 0 Å². The van der Waals surface area contributed by atoms with Crippen molar-refractivity contribution in [3.8, 4) is 0 Å². The summed E-state index contributed by atoms with van der Waals surface area (Å²) in [4.78, 5) is 15.3. The van der Waals surface area contributed by atoms with Gasteiger partial charge in [0.05, 0.1) is 10.9 Å². The third-order valence-corrected chi connectivity index (χ3v) is 7.84. The number of likely N-dealkylation sites (tertiary alicyclic amines) is 1. The first-order valence-electron chi connectivity index (χ1n) is 10.6. The average molecular weight is 517 g/mol. The molecule has 1 atom stereocenters. The van der Waals surface area contributed by atoms with Crippen LogP contribution in [0.1, 0.15) is 41.4 Å². The summed E-state index contributed by atoms with van der Waals surface area (Å²) in [7, 11) is -3.84. The molecule has 168 valence electrons. The molecule has 1 aliphatic heterocycles. The van der Waals surface area contributed by atoms with Crippen molar-refractivity contribution in [2.75, 3.05) is 19.6 Å². The molecule has 1 aliphatic rings. The number of amides is 1. The number of halogens is 1. The number of hydrogen-bond donors (Lipinski definition) is 1. The van der Waals surface area contributed by atoms with Crippen LogP contribution in [0.4, 0.5) is 0 Å². The van der Waals surface area contributed by atoms with Crippen LogP contribution in [-0.2, 0) is 9.84 Å². The minimum absolute atomic E-state index is 0.0221. The van der Waals surface area contributed by atoms with Gasteiger partial charge in [-0.15, -0.1) is 0 Å². The van der Waals surface area contributed by atoms with Gasteiger partial charge < -0.3 is 9.73 Å². The summed E-state index contributed by atoms with van der Waals surface area (Å²) in [6.07, 6.45) is 3.52. The van der Waals surface area contributed by atoms with Crippen molar-refractivity contribution in [2.45, 2.75) is 35.3 Å². The Balaban J connectivity index is 1.47. The lowest BCUT2D eigenvalue weighted by atomic mass is 10.0. The normalized spacial score (nSPS) is 15.9. The highest BCUT2D eigenvalue weighted by Gasteiger charge is 2.26. The maximum absolute atomic E-state index is 12.8. The van der Waals surface area contributed by atoms with Crippen molar-refractivity contribution in [1.82, 2.24) is 10.2 Å². The highest BCUT2D eigenvalue weighted by molar-refractivity contribution is 9.10. The molecule has 0 spiro atoms. The van der Waals surface area contributed by atoms with Crippen LogP contribution in [0.5, 0.6) is 0 Å². The van der Waals surface area contributed by atoms with Gasteiger partial charge in [0.1, 0.15) is 0 Å². The van der Waals surface area contributed by atoms with Crippen LogP contribution in [0.25, 0.3) is 0 Å². The van der Waals surface area contributed by atoms with Gasteiger partial charge in [0, 0.05) is 11.0 Å². The number of nitrogens with one attached hydrogen (secondary N) is 1. The van der Waals surface area contributed by atoms with Gasteiger partial charge in [0.15, 0.2) is 5.76 Å². The molecular weight excluding hydrogens is 492 g/mol. The summed E-state index contributed by atoms with van der Waals surface area (Å²) in [5.74, 6) is -0.452. The van der Waals surface area contributed by atoms with Crippen molar-refractivity contribution in [3.05, 3.63) is 82.5 Å². The molecule has 1 amide bonds. The third-order valence-electron chi connectivity index (χ3n) is 5.67. The van der Waals surface area contributed by atoms with Crippen LogP contribution in [-0.4, -0.2) is 38.9 Å². The molecular formula is C24H25BrN2O4S. The SMILES string of the molecule is O=C(NCC(c1ccccc1)N1CCCCC1)c1ccc(S(=O)(=O)c2ccc(Br)cc2)o1. The minimum atomic E-state index is -3.84. The van der Waals surface area contributed by atoms with Crippen molar-refractivity contribution in [3.63, 3.8) is 0 Å². The fourth-order valence-electron chi connectivity index (χ4n) is 3.96. The summed E-state index contributed by atoms with van der Waals surface area (Å²) < 4.78 is 31.8. The lowest BCUT2D eigenvalue weighted by Crippen LogP contribution is -2.40. The fourth-order valence-corrected chi connectivity index (χ4v) is 5.39. The predicted molar refractivity (Wildman–Crippen MR) is 125 cm³/mol. The first kappa shape index (κ1) is 22.8. The molecule has 0 saturated carbocycles. The van der Waals surface area contributed by atoms with E-state index >= 15 is 0 Å². The highest BCUT2D eigenvalue weighted by Crippen LogP contribution is 2.26. The Morgan fingerprint density at radius 3 is 2.34 bits per heavy atom. The van der Waals surface area contributed by atoms with Gasteiger partial charge in [-0.1, -0.05) is 52.7 Å². The Bertz CT molecular complexity index is 1150. The molecule has 0 bridgehead atoms. The van der Waals surface area contributed by atoms with Crippen LogP contribution >= 0.6 is 15.9 Å². The minimum Gasteiger partial charge on any atom is -0.439 e. The van der Waals surface area contributed by atoms with E-state index in [4.69, 9.17) is 4.42 Å². The smallest absolute Gasteiger partial charge is 0.287 e. The summed E-state index contributed by atoms with van der Waals surface area (Å²) in [6.45, 7) is 2.40. The summed E-state index contributed by atoms with van der Waals surface area (Å²) >= 11 is 3.29. The molecule has 2 aromatic carbocycles. The van der Waals surface area contributed by atoms with Gasteiger partial charge in [-0.3, -0.25) is 9.69 Å². The fraction of sp³-hybridized carbons (Fsp3) is 0.292. The topological polar surface area (TPSA) is 79.6 Å². The van der Waals surface area contributed by atoms with E-state index in [1.807, 2.05) is 18.2 Å². The van der Waals surface area contributed by atoms with Crippen LogP contribution in [0.3, 0.4) is 0 Å². The monoisotopic (exact) mass is 516 g/mol. The number of benzene rings is 2. The Morgan fingerprint density at radius 2 is 1.66 bits per heavy atom. The lowest BCUT2D eigenvalue weighted by molar-refractivity contribution is 0.0892. The standard InChI is InChI=1S/C24H25BrN2O4S/c25-19-9-11-20(12-10-19)32(29,30)23-14-13-22(31-23)24(28)26-17-21(18-7-3-1-4-8-18)27-15-5-2-6-16-27/h1,3-4,7-14,21H,2,5-6,15-17H2,(H,26,28). The number of carbonyl (C=O) groups excluding carboxylic acids is 1. The second-order valence-electron chi connectivity index (χ2n) is 7.81. The molecule has 2 heterocycles. The zero-order valence-electron chi connectivity index (χ0n) is 17.5. The second kappa shape index (κ2) is 10.0. The summed E-state index contributed by atoms with van der Waals surface area (Å²) in [5.41, 5.74) is 1.15. The number of sulfone groups is 1. The van der Waals surface area contributed by atoms with E-state index in [2.05, 4.69) is 38.3 Å². The maximum Gasteiger partial charge on any atom is 0.287 e. The number of nitrogens with zero attached hydrogens (tertiary/aromatic N) is 1. The van der Waals surface area contributed by atoms with E-state index in [0.717, 1.165) is 36.0 Å². The zero-order chi connectivity index (χ0) is 22.6. The van der Waals surface area contributed by atoms with Crippen molar-refractivity contribution in [1.29, 1.82) is 0 Å². The van der Waals surface area contributed by atoms with E-state index in [1.54, 1.807) is 12.1 Å². The zero-order valence-corrected chi connectivity index (χ0v) is 19.9. The Kier molecular flexibility index (Phi) is 7.13. The van der Waals surface area contributed by atoms with E-state index in [9.17, 15) is 13.2 Å². The molecule has 0 radical (unpaired) electrons. The molecule has 8 heteroatoms. The van der Waals surface area contributed by atoms with Gasteiger partial charge >= 0.3 is 0 Å². The summed E-state index contributed by atoms with van der Waals surface area (Å²) in [6, 6.07) is 19.2. The van der Waals surface area contributed by atoms with E-state index in [-0.39, 0.29) is 21.8 Å².